The Kier molecular flexibility index (Phi) is 3.72. The molecule has 3 heteroatoms. The zero-order chi connectivity index (χ0) is 14.4. The van der Waals surface area contributed by atoms with Crippen LogP contribution in [0.1, 0.15) is 71.1 Å². The smallest absolute Gasteiger partial charge is 0.237 e. The van der Waals surface area contributed by atoms with Crippen LogP contribution in [-0.4, -0.2) is 46.4 Å². The molecule has 4 rings (SSSR count). The molecule has 4 aliphatic carbocycles. The van der Waals surface area contributed by atoms with Crippen molar-refractivity contribution in [2.75, 3.05) is 6.54 Å². The molecule has 0 aromatic rings. The maximum atomic E-state index is 13.0. The second-order valence-corrected chi connectivity index (χ2v) is 7.95. The van der Waals surface area contributed by atoms with Crippen molar-refractivity contribution in [3.8, 4) is 0 Å². The van der Waals surface area contributed by atoms with Crippen LogP contribution in [0.4, 0.5) is 0 Å². The van der Waals surface area contributed by atoms with Crippen LogP contribution in [0.2, 0.25) is 0 Å². The average Bonchev–Trinajstić information content (AvgIpc) is 3.33. The van der Waals surface area contributed by atoms with Gasteiger partial charge in [-0.2, -0.15) is 0 Å². The van der Waals surface area contributed by atoms with E-state index in [9.17, 15) is 4.79 Å². The summed E-state index contributed by atoms with van der Waals surface area (Å²) in [5.41, 5.74) is 0. The van der Waals surface area contributed by atoms with Crippen molar-refractivity contribution < 1.29 is 4.79 Å². The summed E-state index contributed by atoms with van der Waals surface area (Å²) in [6.45, 7) is 3.07. The van der Waals surface area contributed by atoms with E-state index in [0.29, 0.717) is 36.6 Å². The van der Waals surface area contributed by atoms with Gasteiger partial charge in [0.15, 0.2) is 0 Å². The Morgan fingerprint density at radius 2 is 1.48 bits per heavy atom. The van der Waals surface area contributed by atoms with Gasteiger partial charge in [0.05, 0.1) is 6.54 Å². The van der Waals surface area contributed by atoms with Crippen molar-refractivity contribution >= 4 is 5.91 Å². The third kappa shape index (κ3) is 3.13. The lowest BCUT2D eigenvalue weighted by atomic mass is 10.1. The molecule has 0 radical (unpaired) electrons. The Bertz CT molecular complexity index is 392. The minimum Gasteiger partial charge on any atom is -0.336 e. The lowest BCUT2D eigenvalue weighted by Gasteiger charge is -2.34. The first kappa shape index (κ1) is 14.0. The number of carbonyl (C=O) groups excluding carboxylic acids is 1. The first-order valence-corrected chi connectivity index (χ1v) is 9.31. The molecule has 0 spiro atoms. The minimum atomic E-state index is 0.448. The van der Waals surface area contributed by atoms with E-state index in [0.717, 1.165) is 5.92 Å². The second kappa shape index (κ2) is 5.57. The predicted molar refractivity (Wildman–Crippen MR) is 84.0 cm³/mol. The zero-order valence-electron chi connectivity index (χ0n) is 13.5. The highest BCUT2D eigenvalue weighted by Gasteiger charge is 2.43. The van der Waals surface area contributed by atoms with Crippen molar-refractivity contribution in [3.63, 3.8) is 0 Å². The molecule has 0 saturated heterocycles. The Morgan fingerprint density at radius 3 is 2.00 bits per heavy atom. The van der Waals surface area contributed by atoms with Gasteiger partial charge in [0.25, 0.3) is 0 Å². The lowest BCUT2D eigenvalue weighted by molar-refractivity contribution is -0.136. The van der Waals surface area contributed by atoms with Gasteiger partial charge in [-0.15, -0.1) is 0 Å². The van der Waals surface area contributed by atoms with Gasteiger partial charge in [0.1, 0.15) is 0 Å². The average molecular weight is 290 g/mol. The van der Waals surface area contributed by atoms with E-state index in [1.165, 1.54) is 64.2 Å². The van der Waals surface area contributed by atoms with Gasteiger partial charge >= 0.3 is 0 Å². The molecule has 0 N–H and O–H groups in total. The molecule has 4 saturated carbocycles. The Labute approximate surface area is 129 Å². The van der Waals surface area contributed by atoms with E-state index in [4.69, 9.17) is 0 Å². The van der Waals surface area contributed by atoms with Crippen LogP contribution in [0, 0.1) is 5.92 Å². The van der Waals surface area contributed by atoms with Crippen molar-refractivity contribution in [3.05, 3.63) is 0 Å². The monoisotopic (exact) mass is 290 g/mol. The van der Waals surface area contributed by atoms with Gasteiger partial charge in [-0.05, 0) is 64.2 Å². The van der Waals surface area contributed by atoms with Crippen LogP contribution in [0.15, 0.2) is 0 Å². The predicted octanol–water partition coefficient (Wildman–Crippen LogP) is 3.18. The van der Waals surface area contributed by atoms with Gasteiger partial charge in [-0.25, -0.2) is 0 Å². The third-order valence-electron chi connectivity index (χ3n) is 6.11. The molecule has 4 fully saturated rings. The number of nitrogens with zero attached hydrogens (tertiary/aromatic N) is 2. The summed E-state index contributed by atoms with van der Waals surface area (Å²) in [5.74, 6) is 1.32. The van der Waals surface area contributed by atoms with Crippen LogP contribution in [-0.2, 0) is 4.79 Å². The fourth-order valence-electron chi connectivity index (χ4n) is 4.34. The summed E-state index contributed by atoms with van der Waals surface area (Å²) in [5, 5.41) is 0. The molecule has 1 amide bonds. The normalized spacial score (nSPS) is 28.1. The maximum Gasteiger partial charge on any atom is 0.237 e. The summed E-state index contributed by atoms with van der Waals surface area (Å²) < 4.78 is 0. The molecular formula is C18H30N2O. The van der Waals surface area contributed by atoms with Gasteiger partial charge < -0.3 is 4.90 Å². The van der Waals surface area contributed by atoms with Crippen molar-refractivity contribution in [2.45, 2.75) is 95.3 Å². The summed E-state index contributed by atoms with van der Waals surface area (Å²) in [6, 6.07) is 2.51. The SMILES string of the molecule is CC(C1CC1)N(CC(=O)N(C1CCCC1)C1CC1)C1CC1. The lowest BCUT2D eigenvalue weighted by Crippen LogP contribution is -2.49. The highest BCUT2D eigenvalue weighted by molar-refractivity contribution is 5.79. The van der Waals surface area contributed by atoms with E-state index < -0.39 is 0 Å². The van der Waals surface area contributed by atoms with Gasteiger partial charge in [0, 0.05) is 24.2 Å². The Hall–Kier alpha value is -0.570. The quantitative estimate of drug-likeness (QED) is 0.719. The molecule has 0 aromatic heterocycles. The van der Waals surface area contributed by atoms with Crippen molar-refractivity contribution in [1.29, 1.82) is 0 Å². The fraction of sp³-hybridized carbons (Fsp3) is 0.944. The number of carbonyl (C=O) groups is 1. The largest absolute Gasteiger partial charge is 0.336 e. The first-order chi connectivity index (χ1) is 10.2. The summed E-state index contributed by atoms with van der Waals surface area (Å²) in [6.07, 6.45) is 13.1. The molecule has 3 nitrogen and oxygen atoms in total. The highest BCUT2D eigenvalue weighted by atomic mass is 16.2. The third-order valence-corrected chi connectivity index (χ3v) is 6.11. The highest BCUT2D eigenvalue weighted by Crippen LogP contribution is 2.40. The number of rotatable bonds is 7. The standard InChI is InChI=1S/C18H30N2O/c1-13(14-6-7-14)19(15-8-9-15)12-18(21)20(17-10-11-17)16-4-2-3-5-16/h13-17H,2-12H2,1H3. The molecule has 21 heavy (non-hydrogen) atoms. The van der Waals surface area contributed by atoms with E-state index in [-0.39, 0.29) is 0 Å². The summed E-state index contributed by atoms with van der Waals surface area (Å²) in [7, 11) is 0. The van der Waals surface area contributed by atoms with Gasteiger partial charge in [-0.3, -0.25) is 9.69 Å². The van der Waals surface area contributed by atoms with Crippen molar-refractivity contribution in [2.24, 2.45) is 5.92 Å². The van der Waals surface area contributed by atoms with Crippen LogP contribution in [0.3, 0.4) is 0 Å². The molecule has 0 heterocycles. The number of hydrogen-bond acceptors (Lipinski definition) is 2. The van der Waals surface area contributed by atoms with Crippen LogP contribution in [0.25, 0.3) is 0 Å². The van der Waals surface area contributed by atoms with E-state index in [1.807, 2.05) is 0 Å². The maximum absolute atomic E-state index is 13.0. The summed E-state index contributed by atoms with van der Waals surface area (Å²) >= 11 is 0. The molecule has 0 bridgehead atoms. The van der Waals surface area contributed by atoms with Crippen LogP contribution >= 0.6 is 0 Å². The van der Waals surface area contributed by atoms with E-state index in [2.05, 4.69) is 16.7 Å². The first-order valence-electron chi connectivity index (χ1n) is 9.31. The van der Waals surface area contributed by atoms with Crippen molar-refractivity contribution in [1.82, 2.24) is 9.80 Å². The molecule has 0 aliphatic heterocycles. The van der Waals surface area contributed by atoms with Crippen LogP contribution < -0.4 is 0 Å². The molecule has 1 unspecified atom stereocenters. The van der Waals surface area contributed by atoms with Crippen LogP contribution in [0.5, 0.6) is 0 Å². The fourth-order valence-corrected chi connectivity index (χ4v) is 4.34. The molecule has 4 aliphatic rings. The summed E-state index contributed by atoms with van der Waals surface area (Å²) in [4.78, 5) is 17.9. The number of amides is 1. The van der Waals surface area contributed by atoms with Gasteiger partial charge in [0.2, 0.25) is 5.91 Å². The number of hydrogen-bond donors (Lipinski definition) is 0. The molecule has 1 atom stereocenters. The molecule has 0 aromatic carbocycles. The van der Waals surface area contributed by atoms with E-state index >= 15 is 0 Å². The van der Waals surface area contributed by atoms with E-state index in [1.54, 1.807) is 0 Å². The zero-order valence-corrected chi connectivity index (χ0v) is 13.5. The Morgan fingerprint density at radius 1 is 0.905 bits per heavy atom. The second-order valence-electron chi connectivity index (χ2n) is 7.95. The van der Waals surface area contributed by atoms with Gasteiger partial charge in [-0.1, -0.05) is 12.8 Å². The minimum absolute atomic E-state index is 0.448. The molecular weight excluding hydrogens is 260 g/mol. The molecule has 118 valence electrons. The Balaban J connectivity index is 1.41. The topological polar surface area (TPSA) is 23.6 Å².